The Morgan fingerprint density at radius 2 is 1.75 bits per heavy atom. The molecule has 0 radical (unpaired) electrons. The van der Waals surface area contributed by atoms with Gasteiger partial charge in [-0.25, -0.2) is 0 Å². The third kappa shape index (κ3) is 4.32. The monoisotopic (exact) mass is 388 g/mol. The average molecular weight is 388 g/mol. The van der Waals surface area contributed by atoms with Crippen molar-refractivity contribution < 1.29 is 28.7 Å². The van der Waals surface area contributed by atoms with Gasteiger partial charge in [-0.05, 0) is 31.9 Å². The normalized spacial score (nSPS) is 21.2. The summed E-state index contributed by atoms with van der Waals surface area (Å²) in [6.45, 7) is 1.31. The van der Waals surface area contributed by atoms with E-state index < -0.39 is 25.0 Å². The first-order valence-electron chi connectivity index (χ1n) is 9.53. The molecule has 1 N–H and O–H groups in total. The van der Waals surface area contributed by atoms with E-state index in [1.807, 2.05) is 6.92 Å². The number of esters is 1. The molecule has 2 aliphatic rings. The number of hydrogen-bond donors (Lipinski definition) is 1. The SMILES string of the molecule is CCOc1ccccc1NC(=O)COC(=O)CN1C(=O)[C@H]2CCCC[C@H]2C1=O. The van der Waals surface area contributed by atoms with Gasteiger partial charge in [0.25, 0.3) is 5.91 Å². The van der Waals surface area contributed by atoms with Crippen LogP contribution >= 0.6 is 0 Å². The van der Waals surface area contributed by atoms with E-state index in [1.165, 1.54) is 0 Å². The number of likely N-dealkylation sites (tertiary alicyclic amines) is 1. The topological polar surface area (TPSA) is 102 Å². The highest BCUT2D eigenvalue weighted by Gasteiger charge is 2.48. The van der Waals surface area contributed by atoms with E-state index in [0.29, 0.717) is 30.9 Å². The van der Waals surface area contributed by atoms with Crippen molar-refractivity contribution in [1.29, 1.82) is 0 Å². The molecule has 1 aliphatic carbocycles. The molecule has 0 spiro atoms. The number of rotatable bonds is 7. The molecule has 2 atom stereocenters. The first kappa shape index (κ1) is 19.9. The lowest BCUT2D eigenvalue weighted by atomic mass is 9.81. The van der Waals surface area contributed by atoms with Gasteiger partial charge in [-0.3, -0.25) is 24.1 Å². The number of nitrogens with zero attached hydrogens (tertiary/aromatic N) is 1. The number of fused-ring (bicyclic) bond motifs is 1. The zero-order valence-corrected chi connectivity index (χ0v) is 15.8. The van der Waals surface area contributed by atoms with E-state index in [0.717, 1.165) is 17.7 Å². The van der Waals surface area contributed by atoms with Gasteiger partial charge in [0.2, 0.25) is 11.8 Å². The Hall–Kier alpha value is -2.90. The smallest absolute Gasteiger partial charge is 0.326 e. The lowest BCUT2D eigenvalue weighted by Gasteiger charge is -2.19. The highest BCUT2D eigenvalue weighted by atomic mass is 16.5. The van der Waals surface area contributed by atoms with Gasteiger partial charge in [0.1, 0.15) is 12.3 Å². The van der Waals surface area contributed by atoms with Crippen molar-refractivity contribution in [2.45, 2.75) is 32.6 Å². The minimum Gasteiger partial charge on any atom is -0.492 e. The predicted octanol–water partition coefficient (Wildman–Crippen LogP) is 1.74. The molecule has 1 aliphatic heterocycles. The maximum Gasteiger partial charge on any atom is 0.326 e. The van der Waals surface area contributed by atoms with Gasteiger partial charge in [0.15, 0.2) is 6.61 Å². The lowest BCUT2D eigenvalue weighted by molar-refractivity contribution is -0.154. The Labute approximate surface area is 163 Å². The van der Waals surface area contributed by atoms with Crippen LogP contribution in [-0.2, 0) is 23.9 Å². The zero-order valence-electron chi connectivity index (χ0n) is 15.8. The molecule has 1 heterocycles. The van der Waals surface area contributed by atoms with Crippen LogP contribution in [0.2, 0.25) is 0 Å². The summed E-state index contributed by atoms with van der Waals surface area (Å²) in [5, 5.41) is 2.61. The van der Waals surface area contributed by atoms with Crippen molar-refractivity contribution in [3.05, 3.63) is 24.3 Å². The standard InChI is InChI=1S/C20H24N2O6/c1-2-27-16-10-6-5-9-15(16)21-17(23)12-28-18(24)11-22-19(25)13-7-3-4-8-14(13)20(22)26/h5-6,9-10,13-14H,2-4,7-8,11-12H2,1H3,(H,21,23)/t13-,14+. The molecule has 28 heavy (non-hydrogen) atoms. The third-order valence-electron chi connectivity index (χ3n) is 5.04. The van der Waals surface area contributed by atoms with E-state index in [1.54, 1.807) is 24.3 Å². The fraction of sp³-hybridized carbons (Fsp3) is 0.500. The van der Waals surface area contributed by atoms with E-state index in [4.69, 9.17) is 9.47 Å². The summed E-state index contributed by atoms with van der Waals surface area (Å²) in [7, 11) is 0. The van der Waals surface area contributed by atoms with Gasteiger partial charge < -0.3 is 14.8 Å². The molecule has 1 saturated carbocycles. The molecule has 0 unspecified atom stereocenters. The lowest BCUT2D eigenvalue weighted by Crippen LogP contribution is -2.37. The van der Waals surface area contributed by atoms with Gasteiger partial charge in [-0.15, -0.1) is 0 Å². The van der Waals surface area contributed by atoms with Crippen LogP contribution in [0.5, 0.6) is 5.75 Å². The maximum atomic E-state index is 12.4. The van der Waals surface area contributed by atoms with Crippen LogP contribution in [0, 0.1) is 11.8 Å². The molecule has 8 nitrogen and oxygen atoms in total. The minimum atomic E-state index is -0.784. The van der Waals surface area contributed by atoms with Gasteiger partial charge in [-0.2, -0.15) is 0 Å². The van der Waals surface area contributed by atoms with Gasteiger partial charge in [0, 0.05) is 0 Å². The predicted molar refractivity (Wildman–Crippen MR) is 99.4 cm³/mol. The van der Waals surface area contributed by atoms with E-state index >= 15 is 0 Å². The van der Waals surface area contributed by atoms with Crippen molar-refractivity contribution in [1.82, 2.24) is 4.90 Å². The minimum absolute atomic E-state index is 0.304. The van der Waals surface area contributed by atoms with Crippen molar-refractivity contribution in [3.63, 3.8) is 0 Å². The van der Waals surface area contributed by atoms with Gasteiger partial charge in [0.05, 0.1) is 24.1 Å². The van der Waals surface area contributed by atoms with Crippen LogP contribution in [0.3, 0.4) is 0 Å². The van der Waals surface area contributed by atoms with Crippen LogP contribution in [0.4, 0.5) is 5.69 Å². The molecule has 3 rings (SSSR count). The fourth-order valence-corrected chi connectivity index (χ4v) is 3.75. The number of anilines is 1. The number of ether oxygens (including phenoxy) is 2. The molecule has 0 aromatic heterocycles. The molecule has 1 aromatic carbocycles. The second kappa shape index (κ2) is 8.86. The van der Waals surface area contributed by atoms with Crippen LogP contribution in [0.25, 0.3) is 0 Å². The summed E-state index contributed by atoms with van der Waals surface area (Å²) in [4.78, 5) is 49.8. The zero-order chi connectivity index (χ0) is 20.1. The molecule has 3 amide bonds. The Balaban J connectivity index is 1.50. The number of nitrogens with one attached hydrogen (secondary N) is 1. The summed E-state index contributed by atoms with van der Waals surface area (Å²) in [5.74, 6) is -2.04. The number of hydrogen-bond acceptors (Lipinski definition) is 6. The van der Waals surface area contributed by atoms with Crippen molar-refractivity contribution in [2.75, 3.05) is 25.1 Å². The van der Waals surface area contributed by atoms with Gasteiger partial charge in [-0.1, -0.05) is 25.0 Å². The summed E-state index contributed by atoms with van der Waals surface area (Å²) < 4.78 is 10.4. The quantitative estimate of drug-likeness (QED) is 0.564. The molecule has 1 aromatic rings. The van der Waals surface area contributed by atoms with E-state index in [2.05, 4.69) is 5.32 Å². The molecular formula is C20H24N2O6. The van der Waals surface area contributed by atoms with E-state index in [9.17, 15) is 19.2 Å². The molecule has 2 fully saturated rings. The average Bonchev–Trinajstić information content (AvgIpc) is 2.93. The Morgan fingerprint density at radius 1 is 1.11 bits per heavy atom. The Bertz CT molecular complexity index is 754. The summed E-state index contributed by atoms with van der Waals surface area (Å²) in [6.07, 6.45) is 3.20. The number of carbonyl (C=O) groups is 4. The van der Waals surface area contributed by atoms with Crippen molar-refractivity contribution in [2.24, 2.45) is 11.8 Å². The number of para-hydroxylation sites is 2. The number of amides is 3. The van der Waals surface area contributed by atoms with Crippen LogP contribution < -0.4 is 10.1 Å². The Morgan fingerprint density at radius 3 is 2.39 bits per heavy atom. The Kier molecular flexibility index (Phi) is 6.28. The second-order valence-corrected chi connectivity index (χ2v) is 6.90. The highest BCUT2D eigenvalue weighted by molar-refractivity contribution is 6.07. The molecule has 1 saturated heterocycles. The summed E-state index contributed by atoms with van der Waals surface area (Å²) >= 11 is 0. The highest BCUT2D eigenvalue weighted by Crippen LogP contribution is 2.37. The fourth-order valence-electron chi connectivity index (χ4n) is 3.75. The summed E-state index contributed by atoms with van der Waals surface area (Å²) in [5.41, 5.74) is 0.472. The van der Waals surface area contributed by atoms with Crippen LogP contribution in [-0.4, -0.2) is 48.3 Å². The molecular weight excluding hydrogens is 364 g/mol. The largest absolute Gasteiger partial charge is 0.492 e. The molecule has 0 bridgehead atoms. The van der Waals surface area contributed by atoms with Gasteiger partial charge >= 0.3 is 5.97 Å². The second-order valence-electron chi connectivity index (χ2n) is 6.90. The number of benzene rings is 1. The molecule has 150 valence electrons. The maximum absolute atomic E-state index is 12.4. The van der Waals surface area contributed by atoms with E-state index in [-0.39, 0.29) is 23.7 Å². The van der Waals surface area contributed by atoms with Crippen LogP contribution in [0.1, 0.15) is 32.6 Å². The summed E-state index contributed by atoms with van der Waals surface area (Å²) in [6, 6.07) is 6.92. The first-order chi connectivity index (χ1) is 13.5. The number of imide groups is 1. The molecule has 8 heteroatoms. The third-order valence-corrected chi connectivity index (χ3v) is 5.04. The number of carbonyl (C=O) groups excluding carboxylic acids is 4. The van der Waals surface area contributed by atoms with Crippen LogP contribution in [0.15, 0.2) is 24.3 Å². The van der Waals surface area contributed by atoms with Crippen molar-refractivity contribution >= 4 is 29.4 Å². The van der Waals surface area contributed by atoms with Crippen molar-refractivity contribution in [3.8, 4) is 5.75 Å². The first-order valence-corrected chi connectivity index (χ1v) is 9.53.